The van der Waals surface area contributed by atoms with Gasteiger partial charge in [-0.25, -0.2) is 9.13 Å². The van der Waals surface area contributed by atoms with Gasteiger partial charge in [-0.15, -0.1) is 0 Å². The Balaban J connectivity index is 5.25. The van der Waals surface area contributed by atoms with E-state index in [9.17, 15) is 43.2 Å². The van der Waals surface area contributed by atoms with Crippen LogP contribution in [0, 0.1) is 23.7 Å². The van der Waals surface area contributed by atoms with Gasteiger partial charge in [-0.1, -0.05) is 357 Å². The third-order valence-electron chi connectivity index (χ3n) is 19.3. The molecule has 4 unspecified atom stereocenters. The molecule has 0 aliphatic heterocycles. The lowest BCUT2D eigenvalue weighted by Gasteiger charge is -2.21. The average Bonchev–Trinajstić information content (AvgIpc) is 1.65. The van der Waals surface area contributed by atoms with E-state index in [1.165, 1.54) is 205 Å². The molecular formula is C80H156O17P2. The summed E-state index contributed by atoms with van der Waals surface area (Å²) < 4.78 is 68.7. The fourth-order valence-corrected chi connectivity index (χ4v) is 13.8. The molecule has 0 bridgehead atoms. The van der Waals surface area contributed by atoms with Crippen LogP contribution in [0.1, 0.15) is 409 Å². The number of phosphoric acid groups is 2. The first kappa shape index (κ1) is 97.1. The van der Waals surface area contributed by atoms with Crippen LogP contribution in [-0.4, -0.2) is 96.7 Å². The van der Waals surface area contributed by atoms with Crippen molar-refractivity contribution in [1.82, 2.24) is 0 Å². The molecule has 0 aromatic carbocycles. The first-order valence-corrected chi connectivity index (χ1v) is 44.3. The van der Waals surface area contributed by atoms with Crippen LogP contribution in [0.2, 0.25) is 0 Å². The van der Waals surface area contributed by atoms with Gasteiger partial charge in [0.1, 0.15) is 19.3 Å². The highest BCUT2D eigenvalue weighted by molar-refractivity contribution is 7.47. The van der Waals surface area contributed by atoms with Crippen LogP contribution in [0.15, 0.2) is 0 Å². The zero-order valence-electron chi connectivity index (χ0n) is 65.1. The second-order valence-electron chi connectivity index (χ2n) is 30.2. The normalized spacial score (nSPS) is 14.6. The Bertz CT molecular complexity index is 1940. The van der Waals surface area contributed by atoms with Crippen LogP contribution in [0.5, 0.6) is 0 Å². The number of aliphatic hydroxyl groups is 1. The van der Waals surface area contributed by atoms with Crippen molar-refractivity contribution in [3.63, 3.8) is 0 Å². The van der Waals surface area contributed by atoms with Crippen molar-refractivity contribution < 1.29 is 80.2 Å². The second-order valence-corrected chi connectivity index (χ2v) is 33.1. The Kier molecular flexibility index (Phi) is 67.8. The summed E-state index contributed by atoms with van der Waals surface area (Å²) in [7, 11) is -9.92. The van der Waals surface area contributed by atoms with E-state index in [1.54, 1.807) is 0 Å². The molecule has 588 valence electrons. The van der Waals surface area contributed by atoms with E-state index < -0.39 is 97.5 Å². The van der Waals surface area contributed by atoms with E-state index in [-0.39, 0.29) is 25.7 Å². The maximum atomic E-state index is 13.1. The first-order chi connectivity index (χ1) is 47.7. The van der Waals surface area contributed by atoms with Crippen LogP contribution >= 0.6 is 15.6 Å². The van der Waals surface area contributed by atoms with Crippen LogP contribution < -0.4 is 0 Å². The first-order valence-electron chi connectivity index (χ1n) is 41.3. The van der Waals surface area contributed by atoms with E-state index in [2.05, 4.69) is 55.4 Å². The number of ether oxygens (including phenoxy) is 4. The van der Waals surface area contributed by atoms with Gasteiger partial charge < -0.3 is 33.8 Å². The van der Waals surface area contributed by atoms with Crippen LogP contribution in [-0.2, 0) is 65.4 Å². The molecule has 7 atom stereocenters. The Morgan fingerprint density at radius 1 is 0.283 bits per heavy atom. The monoisotopic (exact) mass is 1450 g/mol. The summed E-state index contributed by atoms with van der Waals surface area (Å²) in [6.45, 7) is 14.3. The summed E-state index contributed by atoms with van der Waals surface area (Å²) in [4.78, 5) is 73.0. The number of hydrogen-bond donors (Lipinski definition) is 3. The minimum atomic E-state index is -4.96. The number of hydrogen-bond acceptors (Lipinski definition) is 15. The molecule has 99 heavy (non-hydrogen) atoms. The minimum absolute atomic E-state index is 0.105. The van der Waals surface area contributed by atoms with E-state index in [1.807, 2.05) is 0 Å². The molecule has 0 aromatic heterocycles. The fourth-order valence-electron chi connectivity index (χ4n) is 12.2. The van der Waals surface area contributed by atoms with E-state index in [4.69, 9.17) is 37.0 Å². The molecule has 3 N–H and O–H groups in total. The summed E-state index contributed by atoms with van der Waals surface area (Å²) in [6.07, 6.45) is 55.4. The van der Waals surface area contributed by atoms with Gasteiger partial charge in [-0.05, 0) is 49.4 Å². The third-order valence-corrected chi connectivity index (χ3v) is 21.2. The number of aliphatic hydroxyl groups excluding tert-OH is 1. The summed E-state index contributed by atoms with van der Waals surface area (Å²) in [6, 6.07) is 0. The summed E-state index contributed by atoms with van der Waals surface area (Å²) in [5.41, 5.74) is 0. The Labute approximate surface area is 607 Å². The lowest BCUT2D eigenvalue weighted by Crippen LogP contribution is -2.30. The molecule has 0 aliphatic carbocycles. The maximum absolute atomic E-state index is 13.1. The van der Waals surface area contributed by atoms with Gasteiger partial charge in [0.15, 0.2) is 12.2 Å². The van der Waals surface area contributed by atoms with Crippen LogP contribution in [0.25, 0.3) is 0 Å². The zero-order valence-corrected chi connectivity index (χ0v) is 66.9. The van der Waals surface area contributed by atoms with Gasteiger partial charge in [0.05, 0.1) is 26.4 Å². The number of esters is 4. The van der Waals surface area contributed by atoms with E-state index >= 15 is 0 Å². The van der Waals surface area contributed by atoms with Crippen molar-refractivity contribution in [2.24, 2.45) is 23.7 Å². The molecule has 0 spiro atoms. The largest absolute Gasteiger partial charge is 0.472 e. The molecular weight excluding hydrogens is 1290 g/mol. The fraction of sp³-hybridized carbons (Fsp3) is 0.950. The predicted molar refractivity (Wildman–Crippen MR) is 404 cm³/mol. The predicted octanol–water partition coefficient (Wildman–Crippen LogP) is 23.6. The summed E-state index contributed by atoms with van der Waals surface area (Å²) >= 11 is 0. The van der Waals surface area contributed by atoms with Gasteiger partial charge >= 0.3 is 39.5 Å². The van der Waals surface area contributed by atoms with Crippen molar-refractivity contribution in [2.75, 3.05) is 39.6 Å². The third kappa shape index (κ3) is 71.5. The van der Waals surface area contributed by atoms with Crippen molar-refractivity contribution in [2.45, 2.75) is 427 Å². The number of phosphoric ester groups is 2. The minimum Gasteiger partial charge on any atom is -0.462 e. The summed E-state index contributed by atoms with van der Waals surface area (Å²) in [5, 5.41) is 10.6. The highest BCUT2D eigenvalue weighted by Gasteiger charge is 2.30. The zero-order chi connectivity index (χ0) is 73.1. The number of carbonyl (C=O) groups excluding carboxylic acids is 4. The number of rotatable bonds is 77. The molecule has 0 heterocycles. The molecule has 0 aliphatic rings. The second kappa shape index (κ2) is 69.1. The lowest BCUT2D eigenvalue weighted by molar-refractivity contribution is -0.161. The molecule has 0 amide bonds. The van der Waals surface area contributed by atoms with Crippen molar-refractivity contribution in [3.05, 3.63) is 0 Å². The topological polar surface area (TPSA) is 237 Å². The van der Waals surface area contributed by atoms with Gasteiger partial charge in [0.2, 0.25) is 0 Å². The molecule has 0 saturated carbocycles. The molecule has 0 fully saturated rings. The standard InChI is InChI=1S/C80H156O17P2/c1-9-72(7)58-50-42-34-28-24-25-31-37-47-55-63-80(85)97-76(67-91-78(83)61-53-45-39-38-43-51-59-73(8)10-2)69-95-99(88,89)93-65-74(81)64-92-98(86,87)94-68-75(96-79(84)62-54-46-36-30-23-19-15-17-21-27-33-41-49-57-71(5)6)66-90-77(82)60-52-44-35-29-22-18-14-12-11-13-16-20-26-32-40-48-56-70(3)4/h70-76,81H,9-69H2,1-8H3,(H,86,87)(H,88,89)/t72?,73?,74-,75-,76-/m1/s1. The number of unbranched alkanes of at least 4 members (excludes halogenated alkanes) is 41. The molecule has 0 radical (unpaired) electrons. The molecule has 0 rings (SSSR count). The van der Waals surface area contributed by atoms with Crippen molar-refractivity contribution >= 4 is 39.5 Å². The van der Waals surface area contributed by atoms with Gasteiger partial charge in [-0.2, -0.15) is 0 Å². The highest BCUT2D eigenvalue weighted by atomic mass is 31.2. The molecule has 0 aromatic rings. The maximum Gasteiger partial charge on any atom is 0.472 e. The van der Waals surface area contributed by atoms with E-state index in [0.717, 1.165) is 120 Å². The van der Waals surface area contributed by atoms with Gasteiger partial charge in [0.25, 0.3) is 0 Å². The van der Waals surface area contributed by atoms with Crippen LogP contribution in [0.3, 0.4) is 0 Å². The SMILES string of the molecule is CCC(C)CCCCCCCCCCCCC(=O)O[C@H](COC(=O)CCCCCCCCC(C)CC)COP(=O)(O)OC[C@H](O)COP(=O)(O)OC[C@@H](COC(=O)CCCCCCCCCCCCCCCCCCC(C)C)OC(=O)CCCCCCCCCCCCCCCC(C)C. The Morgan fingerprint density at radius 3 is 0.717 bits per heavy atom. The molecule has 17 nitrogen and oxygen atoms in total. The Morgan fingerprint density at radius 2 is 0.485 bits per heavy atom. The van der Waals surface area contributed by atoms with Gasteiger partial charge in [-0.3, -0.25) is 37.3 Å². The van der Waals surface area contributed by atoms with Crippen molar-refractivity contribution in [1.29, 1.82) is 0 Å². The average molecular weight is 1450 g/mol. The van der Waals surface area contributed by atoms with Crippen molar-refractivity contribution in [3.8, 4) is 0 Å². The smallest absolute Gasteiger partial charge is 0.462 e. The molecule has 19 heteroatoms. The van der Waals surface area contributed by atoms with E-state index in [0.29, 0.717) is 25.7 Å². The summed E-state index contributed by atoms with van der Waals surface area (Å²) in [5.74, 6) is 1.02. The molecule has 0 saturated heterocycles. The van der Waals surface area contributed by atoms with Gasteiger partial charge in [0, 0.05) is 25.7 Å². The lowest BCUT2D eigenvalue weighted by atomic mass is 9.99. The Hall–Kier alpha value is -1.94. The number of carbonyl (C=O) groups is 4. The van der Waals surface area contributed by atoms with Crippen LogP contribution in [0.4, 0.5) is 0 Å². The highest BCUT2D eigenvalue weighted by Crippen LogP contribution is 2.45. The quantitative estimate of drug-likeness (QED) is 0.0222.